The molecule has 0 aromatic heterocycles. The number of carboxylic acids is 2. The number of nitrogens with two attached hydrogens (primary N) is 2. The van der Waals surface area contributed by atoms with Crippen molar-refractivity contribution >= 4 is 29.5 Å². The van der Waals surface area contributed by atoms with Crippen LogP contribution in [-0.2, 0) is 24.0 Å². The van der Waals surface area contributed by atoms with Crippen LogP contribution in [0.25, 0.3) is 0 Å². The van der Waals surface area contributed by atoms with E-state index in [-0.39, 0.29) is 51.3 Å². The first-order valence-electron chi connectivity index (χ1n) is 12.9. The van der Waals surface area contributed by atoms with Crippen LogP contribution in [0.2, 0.25) is 0 Å². The number of ketones is 1. The predicted molar refractivity (Wildman–Crippen MR) is 141 cm³/mol. The van der Waals surface area contributed by atoms with E-state index in [1.54, 1.807) is 19.6 Å². The Balaban J connectivity index is 0. The van der Waals surface area contributed by atoms with Gasteiger partial charge in [0.2, 0.25) is 11.8 Å². The SMILES string of the molecule is CC.CC.CC(=O)CCC(C(=O)O)N1CCN(CC(N)=O)CCN(CC(=O)O)CCN(CC(N)=O)CC1. The summed E-state index contributed by atoms with van der Waals surface area (Å²) in [7, 11) is 0. The average Bonchev–Trinajstić information content (AvgIpc) is 2.81. The summed E-state index contributed by atoms with van der Waals surface area (Å²) in [6.07, 6.45) is 0.260. The van der Waals surface area contributed by atoms with Gasteiger partial charge in [0.1, 0.15) is 11.8 Å². The molecule has 1 fully saturated rings. The van der Waals surface area contributed by atoms with E-state index in [0.717, 1.165) is 0 Å². The highest BCUT2D eigenvalue weighted by molar-refractivity contribution is 5.78. The fraction of sp³-hybridized carbons (Fsp3) is 0.792. The molecule has 0 saturated carbocycles. The van der Waals surface area contributed by atoms with Crippen molar-refractivity contribution in [2.24, 2.45) is 11.5 Å². The lowest BCUT2D eigenvalue weighted by Crippen LogP contribution is -2.52. The van der Waals surface area contributed by atoms with Gasteiger partial charge in [-0.1, -0.05) is 27.7 Å². The number of aliphatic carboxylic acids is 2. The van der Waals surface area contributed by atoms with Crippen molar-refractivity contribution in [3.05, 3.63) is 0 Å². The lowest BCUT2D eigenvalue weighted by molar-refractivity contribution is -0.144. The zero-order valence-corrected chi connectivity index (χ0v) is 23.1. The van der Waals surface area contributed by atoms with Crippen molar-refractivity contribution in [3.8, 4) is 0 Å². The van der Waals surface area contributed by atoms with Gasteiger partial charge in [-0.05, 0) is 13.3 Å². The van der Waals surface area contributed by atoms with Gasteiger partial charge in [0.25, 0.3) is 0 Å². The minimum absolute atomic E-state index is 0.0479. The molecule has 0 aromatic rings. The van der Waals surface area contributed by atoms with E-state index in [9.17, 15) is 34.2 Å². The lowest BCUT2D eigenvalue weighted by atomic mass is 10.1. The van der Waals surface area contributed by atoms with Crippen molar-refractivity contribution < 1.29 is 34.2 Å². The Bertz CT molecular complexity index is 675. The van der Waals surface area contributed by atoms with Crippen LogP contribution in [0.4, 0.5) is 0 Å². The summed E-state index contributed by atoms with van der Waals surface area (Å²) in [4.78, 5) is 64.7. The number of hydrogen-bond acceptors (Lipinski definition) is 9. The summed E-state index contributed by atoms with van der Waals surface area (Å²) < 4.78 is 0. The van der Waals surface area contributed by atoms with E-state index < -0.39 is 29.8 Å². The van der Waals surface area contributed by atoms with Gasteiger partial charge < -0.3 is 26.5 Å². The number of nitrogens with zero attached hydrogens (tertiary/aromatic N) is 4. The van der Waals surface area contributed by atoms with E-state index >= 15 is 0 Å². The third kappa shape index (κ3) is 18.3. The summed E-state index contributed by atoms with van der Waals surface area (Å²) in [5.74, 6) is -3.25. The Kier molecular flexibility index (Phi) is 21.2. The number of carbonyl (C=O) groups is 5. The third-order valence-corrected chi connectivity index (χ3v) is 5.49. The molecule has 1 heterocycles. The molecule has 1 aliphatic heterocycles. The first kappa shape index (κ1) is 36.5. The number of primary amides is 2. The number of amides is 2. The van der Waals surface area contributed by atoms with Gasteiger partial charge in [-0.3, -0.25) is 38.8 Å². The van der Waals surface area contributed by atoms with Crippen LogP contribution in [0.1, 0.15) is 47.5 Å². The van der Waals surface area contributed by atoms with Crippen LogP contribution in [-0.4, -0.2) is 137 Å². The zero-order chi connectivity index (χ0) is 29.0. The fourth-order valence-corrected chi connectivity index (χ4v) is 3.77. The molecule has 13 nitrogen and oxygen atoms in total. The molecule has 0 radical (unpaired) electrons. The maximum absolute atomic E-state index is 12.0. The van der Waals surface area contributed by atoms with Crippen LogP contribution in [0, 0.1) is 0 Å². The van der Waals surface area contributed by atoms with E-state index in [1.165, 1.54) is 6.92 Å². The van der Waals surface area contributed by atoms with Crippen molar-refractivity contribution in [3.63, 3.8) is 0 Å². The fourth-order valence-electron chi connectivity index (χ4n) is 3.77. The molecule has 1 saturated heterocycles. The third-order valence-electron chi connectivity index (χ3n) is 5.49. The molecule has 1 rings (SSSR count). The number of hydrogen-bond donors (Lipinski definition) is 4. The Morgan fingerprint density at radius 3 is 1.32 bits per heavy atom. The molecule has 2 amide bonds. The molecular formula is C24H48N6O7. The van der Waals surface area contributed by atoms with Gasteiger partial charge in [0.05, 0.1) is 19.6 Å². The summed E-state index contributed by atoms with van der Waals surface area (Å²) >= 11 is 0. The molecule has 1 unspecified atom stereocenters. The Labute approximate surface area is 220 Å². The molecule has 1 atom stereocenters. The second-order valence-electron chi connectivity index (χ2n) is 8.29. The minimum atomic E-state index is -1.06. The van der Waals surface area contributed by atoms with Crippen LogP contribution in [0.3, 0.4) is 0 Å². The molecule has 0 aromatic carbocycles. The summed E-state index contributed by atoms with van der Waals surface area (Å²) in [5.41, 5.74) is 10.7. The molecule has 1 aliphatic rings. The van der Waals surface area contributed by atoms with Gasteiger partial charge in [-0.15, -0.1) is 0 Å². The average molecular weight is 533 g/mol. The second-order valence-corrected chi connectivity index (χ2v) is 8.29. The highest BCUT2D eigenvalue weighted by atomic mass is 16.4. The Morgan fingerprint density at radius 1 is 0.676 bits per heavy atom. The van der Waals surface area contributed by atoms with Crippen molar-refractivity contribution in [1.29, 1.82) is 0 Å². The maximum Gasteiger partial charge on any atom is 0.320 e. The largest absolute Gasteiger partial charge is 0.480 e. The van der Waals surface area contributed by atoms with Gasteiger partial charge in [0.15, 0.2) is 0 Å². The molecule has 0 spiro atoms. The van der Waals surface area contributed by atoms with Crippen LogP contribution < -0.4 is 11.5 Å². The number of Topliss-reactive ketones (excluding diaryl/α,β-unsaturated/α-hetero) is 1. The Hall–Kier alpha value is -2.61. The lowest BCUT2D eigenvalue weighted by Gasteiger charge is -2.35. The van der Waals surface area contributed by atoms with E-state index in [4.69, 9.17) is 11.5 Å². The topological polar surface area (TPSA) is 191 Å². The summed E-state index contributed by atoms with van der Waals surface area (Å²) in [6.45, 7) is 11.7. The molecular weight excluding hydrogens is 484 g/mol. The molecule has 6 N–H and O–H groups in total. The monoisotopic (exact) mass is 532 g/mol. The summed E-state index contributed by atoms with van der Waals surface area (Å²) in [5, 5.41) is 19.0. The van der Waals surface area contributed by atoms with Crippen LogP contribution in [0.5, 0.6) is 0 Å². The van der Waals surface area contributed by atoms with Gasteiger partial charge >= 0.3 is 11.9 Å². The highest BCUT2D eigenvalue weighted by Crippen LogP contribution is 2.10. The van der Waals surface area contributed by atoms with Gasteiger partial charge in [0, 0.05) is 58.8 Å². The first-order valence-corrected chi connectivity index (χ1v) is 12.9. The highest BCUT2D eigenvalue weighted by Gasteiger charge is 2.27. The number of carboxylic acid groups (broad SMARTS) is 2. The molecule has 216 valence electrons. The predicted octanol–water partition coefficient (Wildman–Crippen LogP) is -0.862. The van der Waals surface area contributed by atoms with Crippen molar-refractivity contribution in [1.82, 2.24) is 19.6 Å². The molecule has 13 heteroatoms. The Morgan fingerprint density at radius 2 is 1.03 bits per heavy atom. The standard InChI is InChI=1S/C20H36N6O7.2C2H6/c1-15(27)2-3-16(20(32)33)26-10-8-23(12-17(21)28)4-6-25(14-19(30)31)7-5-24(9-11-26)13-18(22)29;2*1-2/h16H,2-14H2,1H3,(H2,21,28)(H2,22,29)(H,30,31)(H,32,33);2*1-2H3. The zero-order valence-electron chi connectivity index (χ0n) is 23.1. The van der Waals surface area contributed by atoms with Gasteiger partial charge in [-0.2, -0.15) is 0 Å². The van der Waals surface area contributed by atoms with Crippen LogP contribution >= 0.6 is 0 Å². The molecule has 37 heavy (non-hydrogen) atoms. The molecule has 0 bridgehead atoms. The van der Waals surface area contributed by atoms with Crippen LogP contribution in [0.15, 0.2) is 0 Å². The number of rotatable bonds is 11. The summed E-state index contributed by atoms with van der Waals surface area (Å²) in [6, 6.07) is -0.911. The van der Waals surface area contributed by atoms with Crippen molar-refractivity contribution in [2.45, 2.75) is 53.5 Å². The van der Waals surface area contributed by atoms with E-state index in [1.807, 2.05) is 27.7 Å². The second kappa shape index (κ2) is 21.5. The maximum atomic E-state index is 12.0. The first-order chi connectivity index (χ1) is 17.5. The minimum Gasteiger partial charge on any atom is -0.480 e. The number of carbonyl (C=O) groups excluding carboxylic acids is 3. The van der Waals surface area contributed by atoms with Gasteiger partial charge in [-0.25, -0.2) is 0 Å². The van der Waals surface area contributed by atoms with Crippen molar-refractivity contribution in [2.75, 3.05) is 72.0 Å². The van der Waals surface area contributed by atoms with E-state index in [0.29, 0.717) is 39.3 Å². The smallest absolute Gasteiger partial charge is 0.320 e. The molecule has 0 aliphatic carbocycles. The van der Waals surface area contributed by atoms with E-state index in [2.05, 4.69) is 0 Å². The normalized spacial score (nSPS) is 17.4. The quantitative estimate of drug-likeness (QED) is 0.259.